The van der Waals surface area contributed by atoms with Crippen LogP contribution in [0.5, 0.6) is 0 Å². The number of nitrogens with one attached hydrogen (secondary N) is 1. The summed E-state index contributed by atoms with van der Waals surface area (Å²) in [4.78, 5) is 20.8. The number of unbranched alkanes of at least 4 members (excludes halogenated alkanes) is 1. The van der Waals surface area contributed by atoms with Gasteiger partial charge in [0.1, 0.15) is 0 Å². The van der Waals surface area contributed by atoms with E-state index in [9.17, 15) is 14.7 Å². The maximum absolute atomic E-state index is 10.8. The van der Waals surface area contributed by atoms with E-state index in [-0.39, 0.29) is 18.7 Å². The molecule has 0 atom stereocenters. The molecule has 0 aromatic carbocycles. The number of amides is 1. The van der Waals surface area contributed by atoms with Crippen molar-refractivity contribution in [1.29, 1.82) is 0 Å². The summed E-state index contributed by atoms with van der Waals surface area (Å²) in [5.41, 5.74) is 0. The molecule has 0 aliphatic carbocycles. The molecular weight excluding hydrogens is 158 g/mol. The Bertz CT molecular complexity index is 156. The van der Waals surface area contributed by atoms with Crippen molar-refractivity contribution < 1.29 is 14.7 Å². The van der Waals surface area contributed by atoms with Crippen LogP contribution in [0.2, 0.25) is 0 Å². The minimum atomic E-state index is -1.18. The van der Waals surface area contributed by atoms with Crippen molar-refractivity contribution in [3.05, 3.63) is 0 Å². The summed E-state index contributed by atoms with van der Waals surface area (Å²) in [5.74, 6) is -1.40. The monoisotopic (exact) mass is 172 g/mol. The summed E-state index contributed by atoms with van der Waals surface area (Å²) in [6.45, 7) is 2.65. The molecule has 0 aromatic heterocycles. The lowest BCUT2D eigenvalue weighted by Crippen LogP contribution is -2.28. The summed E-state index contributed by atoms with van der Waals surface area (Å²) >= 11 is 0. The molecule has 1 N–H and O–H groups in total. The van der Waals surface area contributed by atoms with E-state index in [1.165, 1.54) is 0 Å². The maximum Gasteiger partial charge on any atom is 0.220 e. The van der Waals surface area contributed by atoms with Gasteiger partial charge in [-0.25, -0.2) is 0 Å². The highest BCUT2D eigenvalue weighted by atomic mass is 16.4. The van der Waals surface area contributed by atoms with Gasteiger partial charge in [-0.1, -0.05) is 13.3 Å². The van der Waals surface area contributed by atoms with Crippen LogP contribution in [0.15, 0.2) is 0 Å². The second kappa shape index (κ2) is 6.64. The SMILES string of the molecule is CCCCNC(=O)CCC(=O)[O-]. The molecule has 12 heavy (non-hydrogen) atoms. The van der Waals surface area contributed by atoms with E-state index >= 15 is 0 Å². The van der Waals surface area contributed by atoms with E-state index < -0.39 is 5.97 Å². The first-order valence-corrected chi connectivity index (χ1v) is 4.13. The second-order valence-corrected chi connectivity index (χ2v) is 2.58. The Morgan fingerprint density at radius 2 is 2.00 bits per heavy atom. The third kappa shape index (κ3) is 7.05. The normalized spacial score (nSPS) is 9.42. The van der Waals surface area contributed by atoms with Crippen molar-refractivity contribution in [3.8, 4) is 0 Å². The van der Waals surface area contributed by atoms with Crippen LogP contribution in [0.25, 0.3) is 0 Å². The highest BCUT2D eigenvalue weighted by molar-refractivity contribution is 5.79. The largest absolute Gasteiger partial charge is 0.550 e. The molecule has 0 aliphatic rings. The molecule has 0 saturated heterocycles. The van der Waals surface area contributed by atoms with E-state index in [0.29, 0.717) is 6.54 Å². The molecule has 70 valence electrons. The molecule has 1 amide bonds. The number of hydrogen-bond donors (Lipinski definition) is 1. The molecule has 4 nitrogen and oxygen atoms in total. The number of carboxylic acid groups (broad SMARTS) is 1. The second-order valence-electron chi connectivity index (χ2n) is 2.58. The quantitative estimate of drug-likeness (QED) is 0.546. The van der Waals surface area contributed by atoms with Crippen LogP contribution in [0, 0.1) is 0 Å². The molecule has 0 unspecified atom stereocenters. The smallest absolute Gasteiger partial charge is 0.220 e. The first-order chi connectivity index (χ1) is 5.66. The van der Waals surface area contributed by atoms with Crippen LogP contribution in [0.1, 0.15) is 32.6 Å². The zero-order valence-electron chi connectivity index (χ0n) is 7.26. The van der Waals surface area contributed by atoms with Gasteiger partial charge in [-0.3, -0.25) is 4.79 Å². The molecule has 0 aliphatic heterocycles. The molecule has 0 spiro atoms. The number of carbonyl (C=O) groups is 2. The molecule has 0 bridgehead atoms. The molecule has 0 rings (SSSR count). The van der Waals surface area contributed by atoms with Gasteiger partial charge >= 0.3 is 0 Å². The van der Waals surface area contributed by atoms with Crippen molar-refractivity contribution in [2.75, 3.05) is 6.54 Å². The van der Waals surface area contributed by atoms with Gasteiger partial charge in [0.25, 0.3) is 0 Å². The topological polar surface area (TPSA) is 69.2 Å². The number of rotatable bonds is 6. The Balaban J connectivity index is 3.28. The van der Waals surface area contributed by atoms with E-state index in [1.807, 2.05) is 6.92 Å². The van der Waals surface area contributed by atoms with Gasteiger partial charge in [0.05, 0.1) is 0 Å². The minimum Gasteiger partial charge on any atom is -0.550 e. The van der Waals surface area contributed by atoms with Crippen LogP contribution in [-0.2, 0) is 9.59 Å². The maximum atomic E-state index is 10.8. The number of carboxylic acids is 1. The number of hydrogen-bond acceptors (Lipinski definition) is 3. The van der Waals surface area contributed by atoms with Crippen LogP contribution in [0.4, 0.5) is 0 Å². The number of carbonyl (C=O) groups excluding carboxylic acids is 2. The molecule has 0 saturated carbocycles. The van der Waals surface area contributed by atoms with Gasteiger partial charge in [0.2, 0.25) is 5.91 Å². The van der Waals surface area contributed by atoms with Gasteiger partial charge in [-0.15, -0.1) is 0 Å². The zero-order chi connectivity index (χ0) is 9.40. The fourth-order valence-corrected chi connectivity index (χ4v) is 0.709. The lowest BCUT2D eigenvalue weighted by atomic mass is 10.3. The lowest BCUT2D eigenvalue weighted by molar-refractivity contribution is -0.305. The average Bonchev–Trinajstić information content (AvgIpc) is 2.01. The van der Waals surface area contributed by atoms with Crippen molar-refractivity contribution in [2.24, 2.45) is 0 Å². The Morgan fingerprint density at radius 1 is 1.33 bits per heavy atom. The first kappa shape index (κ1) is 10.9. The summed E-state index contributed by atoms with van der Waals surface area (Å²) in [5, 5.41) is 12.6. The molecule has 4 heteroatoms. The van der Waals surface area contributed by atoms with Gasteiger partial charge in [0, 0.05) is 18.9 Å². The first-order valence-electron chi connectivity index (χ1n) is 4.13. The van der Waals surface area contributed by atoms with Crippen molar-refractivity contribution >= 4 is 11.9 Å². The number of aliphatic carboxylic acids is 1. The zero-order valence-corrected chi connectivity index (χ0v) is 7.26. The van der Waals surface area contributed by atoms with Gasteiger partial charge in [-0.05, 0) is 12.8 Å². The minimum absolute atomic E-state index is 0.0199. The summed E-state index contributed by atoms with van der Waals surface area (Å²) in [7, 11) is 0. The molecule has 0 aromatic rings. The van der Waals surface area contributed by atoms with Gasteiger partial charge in [0.15, 0.2) is 0 Å². The van der Waals surface area contributed by atoms with Crippen LogP contribution in [0.3, 0.4) is 0 Å². The molecule has 0 heterocycles. The van der Waals surface area contributed by atoms with Crippen molar-refractivity contribution in [1.82, 2.24) is 5.32 Å². The highest BCUT2D eigenvalue weighted by Crippen LogP contribution is 1.88. The van der Waals surface area contributed by atoms with Crippen molar-refractivity contribution in [2.45, 2.75) is 32.6 Å². The molecular formula is C8H14NO3-. The average molecular weight is 172 g/mol. The standard InChI is InChI=1S/C8H15NO3/c1-2-3-6-9-7(10)4-5-8(11)12/h2-6H2,1H3,(H,9,10)(H,11,12)/p-1. The predicted molar refractivity (Wildman–Crippen MR) is 42.2 cm³/mol. The lowest BCUT2D eigenvalue weighted by Gasteiger charge is -2.03. The Labute approximate surface area is 72.0 Å². The Hall–Kier alpha value is -1.06. The summed E-state index contributed by atoms with van der Waals surface area (Å²) in [6, 6.07) is 0. The predicted octanol–water partition coefficient (Wildman–Crippen LogP) is -0.567. The Morgan fingerprint density at radius 3 is 2.50 bits per heavy atom. The summed E-state index contributed by atoms with van der Waals surface area (Å²) in [6.07, 6.45) is 1.77. The highest BCUT2D eigenvalue weighted by Gasteiger charge is 1.98. The van der Waals surface area contributed by atoms with Crippen LogP contribution in [-0.4, -0.2) is 18.4 Å². The van der Waals surface area contributed by atoms with E-state index in [2.05, 4.69) is 5.32 Å². The van der Waals surface area contributed by atoms with E-state index in [4.69, 9.17) is 0 Å². The van der Waals surface area contributed by atoms with Gasteiger partial charge < -0.3 is 15.2 Å². The van der Waals surface area contributed by atoms with Crippen LogP contribution < -0.4 is 10.4 Å². The third-order valence-corrected chi connectivity index (χ3v) is 1.41. The fraction of sp³-hybridized carbons (Fsp3) is 0.750. The summed E-state index contributed by atoms with van der Waals surface area (Å²) < 4.78 is 0. The van der Waals surface area contributed by atoms with Gasteiger partial charge in [-0.2, -0.15) is 0 Å². The molecule has 0 radical (unpaired) electrons. The Kier molecular flexibility index (Phi) is 6.05. The fourth-order valence-electron chi connectivity index (χ4n) is 0.709. The van der Waals surface area contributed by atoms with Crippen LogP contribution >= 0.6 is 0 Å². The van der Waals surface area contributed by atoms with Crippen molar-refractivity contribution in [3.63, 3.8) is 0 Å². The molecule has 0 fully saturated rings. The third-order valence-electron chi connectivity index (χ3n) is 1.41. The van der Waals surface area contributed by atoms with E-state index in [1.54, 1.807) is 0 Å². The van der Waals surface area contributed by atoms with E-state index in [0.717, 1.165) is 12.8 Å².